The van der Waals surface area contributed by atoms with Gasteiger partial charge in [0.15, 0.2) is 11.6 Å². The third kappa shape index (κ3) is 3.77. The van der Waals surface area contributed by atoms with Crippen LogP contribution in [0.5, 0.6) is 5.75 Å². The smallest absolute Gasteiger partial charge is 0.311 e. The second kappa shape index (κ2) is 8.44. The fraction of sp³-hybridized carbons (Fsp3) is 0.273. The lowest BCUT2D eigenvalue weighted by molar-refractivity contribution is -0.139. The van der Waals surface area contributed by atoms with Gasteiger partial charge in [-0.2, -0.15) is 0 Å². The molecule has 2 aromatic carbocycles. The first-order valence-corrected chi connectivity index (χ1v) is 9.81. The van der Waals surface area contributed by atoms with Crippen molar-refractivity contribution in [2.24, 2.45) is 0 Å². The Hall–Kier alpha value is -2.93. The van der Waals surface area contributed by atoms with Gasteiger partial charge in [0.1, 0.15) is 5.82 Å². The lowest BCUT2D eigenvalue weighted by atomic mass is 9.91. The highest BCUT2D eigenvalue weighted by Gasteiger charge is 2.30. The number of aliphatic carboxylic acids is 1. The number of hydrogen-bond donors (Lipinski definition) is 2. The molecule has 0 spiro atoms. The van der Waals surface area contributed by atoms with Gasteiger partial charge in [-0.1, -0.05) is 31.4 Å². The molecule has 0 radical (unpaired) electrons. The van der Waals surface area contributed by atoms with Gasteiger partial charge >= 0.3 is 5.97 Å². The third-order valence-corrected chi connectivity index (χ3v) is 5.49. The van der Waals surface area contributed by atoms with Crippen LogP contribution in [0, 0.1) is 18.6 Å². The number of halogens is 3. The minimum atomic E-state index is -1.08. The van der Waals surface area contributed by atoms with E-state index in [1.54, 1.807) is 6.92 Å². The van der Waals surface area contributed by atoms with Crippen LogP contribution in [-0.4, -0.2) is 26.7 Å². The van der Waals surface area contributed by atoms with Crippen LogP contribution in [0.4, 0.5) is 8.78 Å². The quantitative estimate of drug-likeness (QED) is 0.525. The molecule has 2 N–H and O–H groups in total. The zero-order valence-corrected chi connectivity index (χ0v) is 17.1. The van der Waals surface area contributed by atoms with Crippen molar-refractivity contribution in [1.29, 1.82) is 0 Å². The van der Waals surface area contributed by atoms with E-state index in [9.17, 15) is 28.6 Å². The largest absolute Gasteiger partial charge is 0.505 e. The number of aromatic hydroxyl groups is 1. The van der Waals surface area contributed by atoms with Gasteiger partial charge < -0.3 is 10.2 Å². The number of carbonyl (C=O) groups is 2. The van der Waals surface area contributed by atoms with Gasteiger partial charge in [-0.3, -0.25) is 14.2 Å². The molecule has 1 heterocycles. The first kappa shape index (κ1) is 21.8. The topological polar surface area (TPSA) is 79.5 Å². The fourth-order valence-corrected chi connectivity index (χ4v) is 3.83. The Morgan fingerprint density at radius 3 is 2.47 bits per heavy atom. The maximum Gasteiger partial charge on any atom is 0.311 e. The standard InChI is InChI=1S/C22H20ClF2NO4/c1-3-4-5-13(22(29)30)20-11(2)26(18-10-17(25)19(27)9-14(18)20)21(28)12-6-7-15(23)16(24)8-12/h6-10,13,27H,3-5H2,1-2H3,(H,29,30). The van der Waals surface area contributed by atoms with Gasteiger partial charge in [-0.25, -0.2) is 8.78 Å². The molecule has 8 heteroatoms. The Kier molecular flexibility index (Phi) is 6.12. The molecule has 158 valence electrons. The number of unbranched alkanes of at least 4 members (excludes halogenated alkanes) is 1. The van der Waals surface area contributed by atoms with E-state index < -0.39 is 35.2 Å². The highest BCUT2D eigenvalue weighted by Crippen LogP contribution is 2.38. The molecule has 1 aromatic heterocycles. The summed E-state index contributed by atoms with van der Waals surface area (Å²) in [4.78, 5) is 25.2. The molecule has 30 heavy (non-hydrogen) atoms. The lowest BCUT2D eigenvalue weighted by Gasteiger charge is -2.14. The molecule has 0 aliphatic heterocycles. The average molecular weight is 436 g/mol. The summed E-state index contributed by atoms with van der Waals surface area (Å²) < 4.78 is 29.2. The number of phenolic OH excluding ortho intramolecular Hbond substituents is 1. The number of carbonyl (C=O) groups excluding carboxylic acids is 1. The molecule has 0 aliphatic carbocycles. The SMILES string of the molecule is CCCCC(C(=O)O)c1c(C)n(C(=O)c2ccc(Cl)c(F)c2)c2cc(F)c(O)cc12. The van der Waals surface area contributed by atoms with E-state index in [1.165, 1.54) is 12.1 Å². The van der Waals surface area contributed by atoms with Crippen molar-refractivity contribution in [3.05, 3.63) is 63.8 Å². The minimum absolute atomic E-state index is 0.0302. The molecule has 3 aromatic rings. The third-order valence-electron chi connectivity index (χ3n) is 5.18. The molecule has 5 nitrogen and oxygen atoms in total. The second-order valence-electron chi connectivity index (χ2n) is 7.12. The summed E-state index contributed by atoms with van der Waals surface area (Å²) in [7, 11) is 0. The van der Waals surface area contributed by atoms with Crippen LogP contribution in [0.25, 0.3) is 10.9 Å². The number of phenols is 1. The summed E-state index contributed by atoms with van der Waals surface area (Å²) >= 11 is 5.69. The van der Waals surface area contributed by atoms with Crippen molar-refractivity contribution >= 4 is 34.4 Å². The first-order chi connectivity index (χ1) is 14.2. The van der Waals surface area contributed by atoms with Crippen LogP contribution in [0.1, 0.15) is 53.7 Å². The highest BCUT2D eigenvalue weighted by atomic mass is 35.5. The van der Waals surface area contributed by atoms with Gasteiger partial charge in [-0.15, -0.1) is 0 Å². The number of hydrogen-bond acceptors (Lipinski definition) is 3. The molecule has 0 saturated carbocycles. The summed E-state index contributed by atoms with van der Waals surface area (Å²) in [6.45, 7) is 3.48. The molecular weight excluding hydrogens is 416 g/mol. The summed E-state index contributed by atoms with van der Waals surface area (Å²) in [5.41, 5.74) is 0.682. The van der Waals surface area contributed by atoms with Gasteiger partial charge in [0.05, 0.1) is 16.5 Å². The lowest BCUT2D eigenvalue weighted by Crippen LogP contribution is -2.16. The van der Waals surface area contributed by atoms with E-state index in [1.807, 2.05) is 6.92 Å². The number of benzene rings is 2. The summed E-state index contributed by atoms with van der Waals surface area (Å²) in [6, 6.07) is 5.64. The highest BCUT2D eigenvalue weighted by molar-refractivity contribution is 6.30. The van der Waals surface area contributed by atoms with E-state index >= 15 is 0 Å². The molecule has 0 saturated heterocycles. The number of aromatic nitrogens is 1. The van der Waals surface area contributed by atoms with Crippen molar-refractivity contribution in [2.45, 2.75) is 39.0 Å². The van der Waals surface area contributed by atoms with E-state index in [-0.39, 0.29) is 21.5 Å². The molecule has 3 rings (SSSR count). The Morgan fingerprint density at radius 2 is 1.87 bits per heavy atom. The van der Waals surface area contributed by atoms with Crippen molar-refractivity contribution in [1.82, 2.24) is 4.57 Å². The van der Waals surface area contributed by atoms with Crippen LogP contribution < -0.4 is 0 Å². The van der Waals surface area contributed by atoms with Crippen molar-refractivity contribution in [3.8, 4) is 5.75 Å². The van der Waals surface area contributed by atoms with Crippen LogP contribution in [0.2, 0.25) is 5.02 Å². The second-order valence-corrected chi connectivity index (χ2v) is 7.53. The molecule has 0 aliphatic rings. The van der Waals surface area contributed by atoms with E-state index in [0.29, 0.717) is 24.1 Å². The predicted molar refractivity (Wildman–Crippen MR) is 109 cm³/mol. The number of carboxylic acids is 1. The van der Waals surface area contributed by atoms with Crippen molar-refractivity contribution < 1.29 is 28.6 Å². The maximum absolute atomic E-state index is 14.1. The number of nitrogens with zero attached hydrogens (tertiary/aromatic N) is 1. The summed E-state index contributed by atoms with van der Waals surface area (Å²) in [5, 5.41) is 19.8. The van der Waals surface area contributed by atoms with Crippen molar-refractivity contribution in [2.75, 3.05) is 0 Å². The number of fused-ring (bicyclic) bond motifs is 1. The van der Waals surface area contributed by atoms with Gasteiger partial charge in [0, 0.05) is 22.7 Å². The average Bonchev–Trinajstić information content (AvgIpc) is 2.95. The molecule has 0 amide bonds. The van der Waals surface area contributed by atoms with Crippen LogP contribution in [-0.2, 0) is 4.79 Å². The van der Waals surface area contributed by atoms with Gasteiger partial charge in [0.2, 0.25) is 0 Å². The van der Waals surface area contributed by atoms with E-state index in [0.717, 1.165) is 29.2 Å². The van der Waals surface area contributed by atoms with Crippen molar-refractivity contribution in [3.63, 3.8) is 0 Å². The summed E-state index contributed by atoms with van der Waals surface area (Å²) in [6.07, 6.45) is 1.71. The van der Waals surface area contributed by atoms with Crippen LogP contribution in [0.3, 0.4) is 0 Å². The number of rotatable bonds is 6. The van der Waals surface area contributed by atoms with Gasteiger partial charge in [0.25, 0.3) is 5.91 Å². The Labute approximate surface area is 176 Å². The zero-order chi connectivity index (χ0) is 22.2. The van der Waals surface area contributed by atoms with E-state index in [4.69, 9.17) is 11.6 Å². The Bertz CT molecular complexity index is 1160. The molecular formula is C22H20ClF2NO4. The Morgan fingerprint density at radius 1 is 1.17 bits per heavy atom. The zero-order valence-electron chi connectivity index (χ0n) is 16.4. The van der Waals surface area contributed by atoms with Crippen LogP contribution in [0.15, 0.2) is 30.3 Å². The molecule has 1 atom stereocenters. The fourth-order valence-electron chi connectivity index (χ4n) is 3.71. The minimum Gasteiger partial charge on any atom is -0.505 e. The normalized spacial score (nSPS) is 12.3. The van der Waals surface area contributed by atoms with Crippen LogP contribution >= 0.6 is 11.6 Å². The molecule has 0 fully saturated rings. The monoisotopic (exact) mass is 435 g/mol. The summed E-state index contributed by atoms with van der Waals surface area (Å²) in [5.74, 6) is -5.09. The predicted octanol–water partition coefficient (Wildman–Crippen LogP) is 5.63. The maximum atomic E-state index is 14.1. The van der Waals surface area contributed by atoms with Gasteiger partial charge in [-0.05, 0) is 43.2 Å². The Balaban J connectivity index is 2.30. The molecule has 0 bridgehead atoms. The first-order valence-electron chi connectivity index (χ1n) is 9.43. The number of carboxylic acid groups (broad SMARTS) is 1. The van der Waals surface area contributed by atoms with E-state index in [2.05, 4.69) is 0 Å². The molecule has 1 unspecified atom stereocenters.